The van der Waals surface area contributed by atoms with Crippen LogP contribution in [0.25, 0.3) is 0 Å². The summed E-state index contributed by atoms with van der Waals surface area (Å²) in [5, 5.41) is 9.05. The topological polar surface area (TPSA) is 65.9 Å². The minimum absolute atomic E-state index is 0.317. The SMILES string of the molecule is CCC(CC)N(CC(C)C)c1ccc(N)c(C#N)n1. The average Bonchev–Trinajstić information content (AvgIpc) is 2.39. The van der Waals surface area contributed by atoms with E-state index in [1.807, 2.05) is 6.07 Å². The third-order valence-electron chi connectivity index (χ3n) is 3.26. The lowest BCUT2D eigenvalue weighted by atomic mass is 10.1. The molecule has 2 N–H and O–H groups in total. The van der Waals surface area contributed by atoms with Gasteiger partial charge in [-0.2, -0.15) is 5.26 Å². The van der Waals surface area contributed by atoms with E-state index >= 15 is 0 Å². The molecule has 0 amide bonds. The molecule has 0 unspecified atom stereocenters. The van der Waals surface area contributed by atoms with Gasteiger partial charge in [0.05, 0.1) is 5.69 Å². The fourth-order valence-corrected chi connectivity index (χ4v) is 2.26. The first-order chi connectivity index (χ1) is 9.03. The monoisotopic (exact) mass is 260 g/mol. The van der Waals surface area contributed by atoms with Gasteiger partial charge in [0.2, 0.25) is 0 Å². The highest BCUT2D eigenvalue weighted by Gasteiger charge is 2.18. The van der Waals surface area contributed by atoms with E-state index in [1.54, 1.807) is 6.07 Å². The highest BCUT2D eigenvalue weighted by atomic mass is 15.2. The van der Waals surface area contributed by atoms with Crippen molar-refractivity contribution in [1.29, 1.82) is 5.26 Å². The lowest BCUT2D eigenvalue weighted by molar-refractivity contribution is 0.503. The molecule has 4 heteroatoms. The van der Waals surface area contributed by atoms with Crippen LogP contribution >= 0.6 is 0 Å². The Kier molecular flexibility index (Phi) is 5.62. The van der Waals surface area contributed by atoms with E-state index in [0.29, 0.717) is 23.3 Å². The Morgan fingerprint density at radius 1 is 1.32 bits per heavy atom. The minimum atomic E-state index is 0.317. The molecule has 0 aliphatic carbocycles. The normalized spacial score (nSPS) is 10.8. The molecule has 4 nitrogen and oxygen atoms in total. The average molecular weight is 260 g/mol. The van der Waals surface area contributed by atoms with Crippen LogP contribution in [0.4, 0.5) is 11.5 Å². The molecule has 0 bridgehead atoms. The van der Waals surface area contributed by atoms with E-state index in [0.717, 1.165) is 25.2 Å². The third kappa shape index (κ3) is 3.85. The second kappa shape index (κ2) is 6.98. The van der Waals surface area contributed by atoms with Crippen molar-refractivity contribution in [3.05, 3.63) is 17.8 Å². The molecule has 1 heterocycles. The molecule has 0 aromatic carbocycles. The number of nitriles is 1. The molecule has 1 rings (SSSR count). The van der Waals surface area contributed by atoms with Gasteiger partial charge in [0.25, 0.3) is 0 Å². The molecule has 0 spiro atoms. The Morgan fingerprint density at radius 2 is 1.95 bits per heavy atom. The van der Waals surface area contributed by atoms with Gasteiger partial charge in [0.15, 0.2) is 5.69 Å². The predicted molar refractivity (Wildman–Crippen MR) is 79.9 cm³/mol. The van der Waals surface area contributed by atoms with Crippen molar-refractivity contribution >= 4 is 11.5 Å². The van der Waals surface area contributed by atoms with Crippen molar-refractivity contribution in [2.45, 2.75) is 46.6 Å². The van der Waals surface area contributed by atoms with E-state index in [1.165, 1.54) is 0 Å². The van der Waals surface area contributed by atoms with Gasteiger partial charge in [0, 0.05) is 12.6 Å². The molecule has 1 aromatic heterocycles. The summed E-state index contributed by atoms with van der Waals surface area (Å²) in [5.41, 5.74) is 6.50. The number of nitrogens with two attached hydrogens (primary N) is 1. The van der Waals surface area contributed by atoms with Crippen LogP contribution in [0.1, 0.15) is 46.2 Å². The van der Waals surface area contributed by atoms with Gasteiger partial charge in [-0.3, -0.25) is 0 Å². The highest BCUT2D eigenvalue weighted by molar-refractivity contribution is 5.55. The summed E-state index contributed by atoms with van der Waals surface area (Å²) >= 11 is 0. The van der Waals surface area contributed by atoms with Gasteiger partial charge in [0.1, 0.15) is 11.9 Å². The fraction of sp³-hybridized carbons (Fsp3) is 0.600. The number of nitrogen functional groups attached to an aromatic ring is 1. The van der Waals surface area contributed by atoms with Crippen molar-refractivity contribution in [3.63, 3.8) is 0 Å². The Balaban J connectivity index is 3.13. The lowest BCUT2D eigenvalue weighted by Crippen LogP contribution is -2.38. The lowest BCUT2D eigenvalue weighted by Gasteiger charge is -2.33. The van der Waals surface area contributed by atoms with Gasteiger partial charge in [-0.1, -0.05) is 27.7 Å². The molecule has 0 saturated heterocycles. The summed E-state index contributed by atoms with van der Waals surface area (Å²) in [4.78, 5) is 6.70. The first kappa shape index (κ1) is 15.3. The maximum atomic E-state index is 9.05. The van der Waals surface area contributed by atoms with Gasteiger partial charge in [-0.15, -0.1) is 0 Å². The van der Waals surface area contributed by atoms with Crippen molar-refractivity contribution in [3.8, 4) is 6.07 Å². The van der Waals surface area contributed by atoms with Crippen molar-refractivity contribution in [1.82, 2.24) is 4.98 Å². The van der Waals surface area contributed by atoms with E-state index in [9.17, 15) is 0 Å². The van der Waals surface area contributed by atoms with Crippen molar-refractivity contribution in [2.75, 3.05) is 17.2 Å². The van der Waals surface area contributed by atoms with Crippen LogP contribution in [0.5, 0.6) is 0 Å². The Hall–Kier alpha value is -1.76. The maximum absolute atomic E-state index is 9.05. The zero-order valence-electron chi connectivity index (χ0n) is 12.3. The largest absolute Gasteiger partial charge is 0.396 e. The highest BCUT2D eigenvalue weighted by Crippen LogP contribution is 2.22. The van der Waals surface area contributed by atoms with Crippen LogP contribution in [0.15, 0.2) is 12.1 Å². The second-order valence-electron chi connectivity index (χ2n) is 5.24. The molecular formula is C15H24N4. The number of pyridine rings is 1. The molecular weight excluding hydrogens is 236 g/mol. The first-order valence-electron chi connectivity index (χ1n) is 6.96. The van der Waals surface area contributed by atoms with E-state index in [4.69, 9.17) is 11.0 Å². The number of hydrogen-bond acceptors (Lipinski definition) is 4. The number of nitrogens with zero attached hydrogens (tertiary/aromatic N) is 3. The minimum Gasteiger partial charge on any atom is -0.396 e. The van der Waals surface area contributed by atoms with Gasteiger partial charge < -0.3 is 10.6 Å². The number of anilines is 2. The van der Waals surface area contributed by atoms with E-state index in [-0.39, 0.29) is 0 Å². The Labute approximate surface area is 116 Å². The molecule has 0 radical (unpaired) electrons. The number of aromatic nitrogens is 1. The number of hydrogen-bond donors (Lipinski definition) is 1. The van der Waals surface area contributed by atoms with Crippen molar-refractivity contribution in [2.24, 2.45) is 5.92 Å². The summed E-state index contributed by atoms with van der Waals surface area (Å²) in [6, 6.07) is 6.19. The smallest absolute Gasteiger partial charge is 0.165 e. The summed E-state index contributed by atoms with van der Waals surface area (Å²) < 4.78 is 0. The zero-order chi connectivity index (χ0) is 14.4. The molecule has 0 atom stereocenters. The standard InChI is InChI=1S/C15H24N4/c1-5-12(6-2)19(10-11(3)4)15-8-7-13(17)14(9-16)18-15/h7-8,11-12H,5-6,10,17H2,1-4H3. The van der Waals surface area contributed by atoms with Crippen LogP contribution in [-0.4, -0.2) is 17.6 Å². The van der Waals surface area contributed by atoms with Crippen LogP contribution in [0.3, 0.4) is 0 Å². The quantitative estimate of drug-likeness (QED) is 0.853. The first-order valence-corrected chi connectivity index (χ1v) is 6.96. The fourth-order valence-electron chi connectivity index (χ4n) is 2.26. The Morgan fingerprint density at radius 3 is 2.42 bits per heavy atom. The zero-order valence-corrected chi connectivity index (χ0v) is 12.3. The summed E-state index contributed by atoms with van der Waals surface area (Å²) in [7, 11) is 0. The van der Waals surface area contributed by atoms with Gasteiger partial charge in [-0.05, 0) is 30.9 Å². The van der Waals surface area contributed by atoms with Gasteiger partial charge in [-0.25, -0.2) is 4.98 Å². The van der Waals surface area contributed by atoms with Crippen LogP contribution in [0.2, 0.25) is 0 Å². The molecule has 104 valence electrons. The molecule has 0 aliphatic rings. The summed E-state index contributed by atoms with van der Waals surface area (Å²) in [6.45, 7) is 9.69. The van der Waals surface area contributed by atoms with Gasteiger partial charge >= 0.3 is 0 Å². The van der Waals surface area contributed by atoms with Crippen LogP contribution in [0, 0.1) is 17.2 Å². The van der Waals surface area contributed by atoms with Crippen molar-refractivity contribution < 1.29 is 0 Å². The summed E-state index contributed by atoms with van der Waals surface area (Å²) in [6.07, 6.45) is 2.13. The molecule has 0 fully saturated rings. The predicted octanol–water partition coefficient (Wildman–Crippen LogP) is 3.19. The molecule has 0 saturated carbocycles. The molecule has 1 aromatic rings. The van der Waals surface area contributed by atoms with Crippen LogP contribution in [-0.2, 0) is 0 Å². The maximum Gasteiger partial charge on any atom is 0.165 e. The Bertz CT molecular complexity index is 444. The number of rotatable bonds is 6. The summed E-state index contributed by atoms with van der Waals surface area (Å²) in [5.74, 6) is 1.40. The molecule has 19 heavy (non-hydrogen) atoms. The van der Waals surface area contributed by atoms with Crippen LogP contribution < -0.4 is 10.6 Å². The molecule has 0 aliphatic heterocycles. The van der Waals surface area contributed by atoms with E-state index in [2.05, 4.69) is 43.6 Å². The van der Waals surface area contributed by atoms with E-state index < -0.39 is 0 Å². The second-order valence-corrected chi connectivity index (χ2v) is 5.24. The third-order valence-corrected chi connectivity index (χ3v) is 3.26.